The van der Waals surface area contributed by atoms with Crippen molar-refractivity contribution < 1.29 is 19.8 Å². The molecule has 0 aliphatic heterocycles. The fourth-order valence-corrected chi connectivity index (χ4v) is 1.09. The van der Waals surface area contributed by atoms with Crippen LogP contribution in [0.4, 0.5) is 0 Å². The van der Waals surface area contributed by atoms with E-state index in [2.05, 4.69) is 4.98 Å². The van der Waals surface area contributed by atoms with E-state index in [1.54, 1.807) is 0 Å². The Labute approximate surface area is 92.1 Å². The van der Waals surface area contributed by atoms with Crippen LogP contribution in [0.5, 0.6) is 5.75 Å². The average Bonchev–Trinajstić information content (AvgIpc) is 2.26. The van der Waals surface area contributed by atoms with Gasteiger partial charge in [-0.2, -0.15) is 0 Å². The van der Waals surface area contributed by atoms with Gasteiger partial charge in [0, 0.05) is 13.2 Å². The molecule has 1 rings (SSSR count). The summed E-state index contributed by atoms with van der Waals surface area (Å²) >= 11 is 0. The molecule has 0 spiro atoms. The number of hydrogen-bond acceptors (Lipinski definition) is 4. The Hall–Kier alpha value is -2.11. The predicted octanol–water partition coefficient (Wildman–Crippen LogP) is 0.332. The van der Waals surface area contributed by atoms with Crippen molar-refractivity contribution in [1.29, 1.82) is 0 Å². The number of carboxylic acids is 1. The first-order chi connectivity index (χ1) is 7.43. The molecule has 1 heterocycles. The van der Waals surface area contributed by atoms with Gasteiger partial charge in [-0.15, -0.1) is 0 Å². The summed E-state index contributed by atoms with van der Waals surface area (Å²) in [4.78, 5) is 27.2. The normalized spacial score (nSPS) is 11.9. The maximum absolute atomic E-state index is 11.8. The first kappa shape index (κ1) is 12.0. The molecule has 1 atom stereocenters. The van der Waals surface area contributed by atoms with E-state index in [9.17, 15) is 9.59 Å². The molecule has 16 heavy (non-hydrogen) atoms. The Morgan fingerprint density at radius 2 is 2.06 bits per heavy atom. The number of nitrogens with zero attached hydrogens (tertiary/aromatic N) is 2. The van der Waals surface area contributed by atoms with Gasteiger partial charge < -0.3 is 15.1 Å². The van der Waals surface area contributed by atoms with Crippen molar-refractivity contribution in [2.24, 2.45) is 0 Å². The van der Waals surface area contributed by atoms with Crippen LogP contribution in [0.15, 0.2) is 18.5 Å². The number of carbonyl (C=O) groups excluding carboxylic acids is 1. The summed E-state index contributed by atoms with van der Waals surface area (Å²) in [5.74, 6) is -1.73. The number of amides is 1. The van der Waals surface area contributed by atoms with Crippen LogP contribution >= 0.6 is 0 Å². The lowest BCUT2D eigenvalue weighted by Gasteiger charge is -2.21. The first-order valence-electron chi connectivity index (χ1n) is 4.57. The van der Waals surface area contributed by atoms with Gasteiger partial charge in [-0.25, -0.2) is 4.79 Å². The van der Waals surface area contributed by atoms with Gasteiger partial charge in [-0.3, -0.25) is 9.78 Å². The highest BCUT2D eigenvalue weighted by Gasteiger charge is 2.22. The van der Waals surface area contributed by atoms with Crippen molar-refractivity contribution in [2.45, 2.75) is 13.0 Å². The van der Waals surface area contributed by atoms with Crippen LogP contribution in [0, 0.1) is 0 Å². The molecule has 86 valence electrons. The minimum Gasteiger partial charge on any atom is -0.506 e. The van der Waals surface area contributed by atoms with Gasteiger partial charge in [0.2, 0.25) is 0 Å². The fraction of sp³-hybridized carbons (Fsp3) is 0.300. The van der Waals surface area contributed by atoms with E-state index in [1.807, 2.05) is 0 Å². The van der Waals surface area contributed by atoms with Gasteiger partial charge >= 0.3 is 5.97 Å². The number of aromatic hydroxyl groups is 1. The van der Waals surface area contributed by atoms with E-state index in [4.69, 9.17) is 10.2 Å². The zero-order valence-corrected chi connectivity index (χ0v) is 8.91. The molecule has 6 nitrogen and oxygen atoms in total. The number of aliphatic carboxylic acids is 1. The SMILES string of the molecule is CC(C(=O)O)N(C)C(=O)c1cncc(O)c1. The molecule has 0 aliphatic carbocycles. The van der Waals surface area contributed by atoms with Gasteiger partial charge in [0.05, 0.1) is 11.8 Å². The largest absolute Gasteiger partial charge is 0.506 e. The van der Waals surface area contributed by atoms with Crippen molar-refractivity contribution in [1.82, 2.24) is 9.88 Å². The highest BCUT2D eigenvalue weighted by atomic mass is 16.4. The number of hydrogen-bond donors (Lipinski definition) is 2. The van der Waals surface area contributed by atoms with Crippen LogP contribution in [-0.4, -0.2) is 45.1 Å². The van der Waals surface area contributed by atoms with Crippen molar-refractivity contribution in [2.75, 3.05) is 7.05 Å². The summed E-state index contributed by atoms with van der Waals surface area (Å²) in [7, 11) is 1.38. The van der Waals surface area contributed by atoms with E-state index in [0.717, 1.165) is 4.90 Å². The van der Waals surface area contributed by atoms with Gasteiger partial charge in [0.1, 0.15) is 11.8 Å². The Morgan fingerprint density at radius 1 is 1.44 bits per heavy atom. The minimum atomic E-state index is -1.09. The maximum Gasteiger partial charge on any atom is 0.326 e. The van der Waals surface area contributed by atoms with Crippen molar-refractivity contribution >= 4 is 11.9 Å². The molecule has 1 aromatic heterocycles. The van der Waals surface area contributed by atoms with Crippen molar-refractivity contribution in [3.8, 4) is 5.75 Å². The highest BCUT2D eigenvalue weighted by Crippen LogP contribution is 2.11. The Morgan fingerprint density at radius 3 is 2.56 bits per heavy atom. The molecule has 0 radical (unpaired) electrons. The molecule has 0 aliphatic rings. The average molecular weight is 224 g/mol. The summed E-state index contributed by atoms with van der Waals surface area (Å²) in [5, 5.41) is 17.9. The van der Waals surface area contributed by atoms with Gasteiger partial charge in [0.25, 0.3) is 5.91 Å². The zero-order valence-electron chi connectivity index (χ0n) is 8.91. The van der Waals surface area contributed by atoms with Crippen molar-refractivity contribution in [3.63, 3.8) is 0 Å². The molecule has 0 saturated carbocycles. The third-order valence-electron chi connectivity index (χ3n) is 2.23. The lowest BCUT2D eigenvalue weighted by atomic mass is 10.2. The number of pyridine rings is 1. The van der Waals surface area contributed by atoms with Gasteiger partial charge in [-0.1, -0.05) is 0 Å². The summed E-state index contributed by atoms with van der Waals surface area (Å²) in [5.41, 5.74) is 0.149. The lowest BCUT2D eigenvalue weighted by molar-refractivity contribution is -0.141. The van der Waals surface area contributed by atoms with E-state index in [-0.39, 0.29) is 11.3 Å². The van der Waals surface area contributed by atoms with Crippen LogP contribution in [0.25, 0.3) is 0 Å². The summed E-state index contributed by atoms with van der Waals surface area (Å²) < 4.78 is 0. The van der Waals surface area contributed by atoms with Gasteiger partial charge in [0.15, 0.2) is 0 Å². The first-order valence-corrected chi connectivity index (χ1v) is 4.57. The second-order valence-corrected chi connectivity index (χ2v) is 3.36. The molecule has 6 heteroatoms. The topological polar surface area (TPSA) is 90.7 Å². The Bertz CT molecular complexity index is 419. The Kier molecular flexibility index (Phi) is 3.44. The van der Waals surface area contributed by atoms with E-state index < -0.39 is 17.9 Å². The smallest absolute Gasteiger partial charge is 0.326 e. The number of likely N-dealkylation sites (N-methyl/N-ethyl adjacent to an activating group) is 1. The summed E-state index contributed by atoms with van der Waals surface area (Å²) in [6.45, 7) is 1.40. The van der Waals surface area contributed by atoms with E-state index in [0.29, 0.717) is 0 Å². The Balaban J connectivity index is 2.90. The monoisotopic (exact) mass is 224 g/mol. The lowest BCUT2D eigenvalue weighted by Crippen LogP contribution is -2.40. The number of carbonyl (C=O) groups is 2. The molecule has 2 N–H and O–H groups in total. The predicted molar refractivity (Wildman–Crippen MR) is 55.1 cm³/mol. The molecular formula is C10H12N2O4. The van der Waals surface area contributed by atoms with Crippen LogP contribution in [0.1, 0.15) is 17.3 Å². The standard InChI is InChI=1S/C10H12N2O4/c1-6(10(15)16)12(2)9(14)7-3-8(13)5-11-4-7/h3-6,13H,1-2H3,(H,15,16). The van der Waals surface area contributed by atoms with Crippen LogP contribution in [0.2, 0.25) is 0 Å². The van der Waals surface area contributed by atoms with Crippen LogP contribution in [0.3, 0.4) is 0 Å². The molecule has 1 aromatic rings. The third-order valence-corrected chi connectivity index (χ3v) is 2.23. The summed E-state index contributed by atoms with van der Waals surface area (Å²) in [6.07, 6.45) is 2.46. The molecule has 0 fully saturated rings. The van der Waals surface area contributed by atoms with Crippen LogP contribution < -0.4 is 0 Å². The number of aromatic nitrogens is 1. The molecule has 1 unspecified atom stereocenters. The van der Waals surface area contributed by atoms with E-state index >= 15 is 0 Å². The van der Waals surface area contributed by atoms with Crippen molar-refractivity contribution in [3.05, 3.63) is 24.0 Å². The van der Waals surface area contributed by atoms with Gasteiger partial charge in [-0.05, 0) is 13.0 Å². The summed E-state index contributed by atoms with van der Waals surface area (Å²) in [6, 6.07) is 0.301. The van der Waals surface area contributed by atoms with Crippen LogP contribution in [-0.2, 0) is 4.79 Å². The third kappa shape index (κ3) is 2.47. The molecular weight excluding hydrogens is 212 g/mol. The molecule has 1 amide bonds. The second kappa shape index (κ2) is 4.61. The number of rotatable bonds is 3. The zero-order chi connectivity index (χ0) is 12.3. The minimum absolute atomic E-state index is 0.137. The maximum atomic E-state index is 11.8. The quantitative estimate of drug-likeness (QED) is 0.772. The molecule has 0 saturated heterocycles. The van der Waals surface area contributed by atoms with E-state index in [1.165, 1.54) is 32.4 Å². The number of carboxylic acid groups (broad SMARTS) is 1. The fourth-order valence-electron chi connectivity index (χ4n) is 1.09. The highest BCUT2D eigenvalue weighted by molar-refractivity contribution is 5.96. The molecule has 0 aromatic carbocycles. The second-order valence-electron chi connectivity index (χ2n) is 3.36. The molecule has 0 bridgehead atoms.